The topological polar surface area (TPSA) is 91.7 Å². The van der Waals surface area contributed by atoms with Gasteiger partial charge in [-0.2, -0.15) is 5.10 Å². The number of nitrogens with zero attached hydrogens (tertiary/aromatic N) is 3. The Bertz CT molecular complexity index is 682. The third-order valence-corrected chi connectivity index (χ3v) is 3.54. The number of aromatic nitrogens is 2. The largest absolute Gasteiger partial charge is 0.474 e. The molecule has 2 aromatic rings. The van der Waals surface area contributed by atoms with Gasteiger partial charge in [-0.1, -0.05) is 30.3 Å². The van der Waals surface area contributed by atoms with E-state index >= 15 is 0 Å². The van der Waals surface area contributed by atoms with Gasteiger partial charge in [-0.15, -0.1) is 35.0 Å². The maximum atomic E-state index is 10.1. The first-order valence-electron chi connectivity index (χ1n) is 8.71. The highest BCUT2D eigenvalue weighted by atomic mass is 35.5. The summed E-state index contributed by atoms with van der Waals surface area (Å²) in [6, 6.07) is 13.9. The second-order valence-electron chi connectivity index (χ2n) is 6.39. The van der Waals surface area contributed by atoms with Gasteiger partial charge in [-0.25, -0.2) is 0 Å². The van der Waals surface area contributed by atoms with Crippen molar-refractivity contribution in [2.45, 2.75) is 39.3 Å². The van der Waals surface area contributed by atoms with Gasteiger partial charge in [-0.05, 0) is 38.8 Å². The van der Waals surface area contributed by atoms with Crippen molar-refractivity contribution in [1.29, 1.82) is 0 Å². The second-order valence-corrected chi connectivity index (χ2v) is 6.39. The average molecular weight is 430 g/mol. The van der Waals surface area contributed by atoms with Gasteiger partial charge in [0.2, 0.25) is 5.88 Å². The van der Waals surface area contributed by atoms with Crippen LogP contribution >= 0.6 is 24.8 Å². The predicted molar refractivity (Wildman–Crippen MR) is 118 cm³/mol. The van der Waals surface area contributed by atoms with Crippen LogP contribution in [-0.4, -0.2) is 46.3 Å². The number of hydrazone groups is 1. The zero-order valence-corrected chi connectivity index (χ0v) is 18.0. The summed E-state index contributed by atoms with van der Waals surface area (Å²) >= 11 is 0. The van der Waals surface area contributed by atoms with E-state index in [2.05, 4.69) is 45.1 Å². The quantitative estimate of drug-likeness (QED) is 0.396. The molecule has 156 valence electrons. The van der Waals surface area contributed by atoms with Crippen molar-refractivity contribution in [2.24, 2.45) is 5.10 Å². The van der Waals surface area contributed by atoms with Gasteiger partial charge in [0.15, 0.2) is 5.82 Å². The van der Waals surface area contributed by atoms with Crippen LogP contribution in [0.3, 0.4) is 0 Å². The molecule has 2 rings (SSSR count). The SMILES string of the molecule is CC(C)=NNc1ccc(OCC(O)CNC(C)Cc2ccccc2)nn1.Cl.Cl. The van der Waals surface area contributed by atoms with Crippen LogP contribution in [-0.2, 0) is 6.42 Å². The van der Waals surface area contributed by atoms with E-state index in [4.69, 9.17) is 4.74 Å². The molecular formula is C19H29Cl2N5O2. The van der Waals surface area contributed by atoms with Crippen LogP contribution in [0.2, 0.25) is 0 Å². The van der Waals surface area contributed by atoms with E-state index in [0.29, 0.717) is 18.2 Å². The van der Waals surface area contributed by atoms with E-state index in [0.717, 1.165) is 12.1 Å². The third kappa shape index (κ3) is 10.4. The molecule has 3 N–H and O–H groups in total. The number of anilines is 1. The molecular weight excluding hydrogens is 401 g/mol. The standard InChI is InChI=1S/C19H27N5O2.2ClH/c1-14(2)21-22-18-9-10-19(24-23-18)26-13-17(25)12-20-15(3)11-16-7-5-4-6-8-16;;/h4-10,15,17,20,25H,11-13H2,1-3H3,(H,22,23);2*1H. The highest BCUT2D eigenvalue weighted by Gasteiger charge is 2.09. The molecule has 0 aliphatic heterocycles. The van der Waals surface area contributed by atoms with E-state index in [1.807, 2.05) is 32.0 Å². The molecule has 0 aliphatic carbocycles. The van der Waals surface area contributed by atoms with E-state index in [1.165, 1.54) is 5.56 Å². The van der Waals surface area contributed by atoms with Crippen LogP contribution in [0, 0.1) is 0 Å². The summed E-state index contributed by atoms with van der Waals surface area (Å²) in [7, 11) is 0. The minimum atomic E-state index is -0.625. The van der Waals surface area contributed by atoms with Crippen molar-refractivity contribution in [3.05, 3.63) is 48.0 Å². The van der Waals surface area contributed by atoms with Gasteiger partial charge in [0.05, 0.1) is 0 Å². The molecule has 7 nitrogen and oxygen atoms in total. The number of benzene rings is 1. The van der Waals surface area contributed by atoms with Crippen molar-refractivity contribution in [2.75, 3.05) is 18.6 Å². The summed E-state index contributed by atoms with van der Waals surface area (Å²) in [5.74, 6) is 0.902. The Kier molecular flexibility index (Phi) is 13.1. The van der Waals surface area contributed by atoms with Crippen LogP contribution in [0.4, 0.5) is 5.82 Å². The second kappa shape index (κ2) is 14.1. The molecule has 0 fully saturated rings. The van der Waals surface area contributed by atoms with Crippen molar-refractivity contribution in [3.63, 3.8) is 0 Å². The minimum Gasteiger partial charge on any atom is -0.474 e. The van der Waals surface area contributed by atoms with E-state index in [1.54, 1.807) is 12.1 Å². The number of halogens is 2. The monoisotopic (exact) mass is 429 g/mol. The van der Waals surface area contributed by atoms with Crippen LogP contribution in [0.5, 0.6) is 5.88 Å². The number of aliphatic hydroxyl groups is 1. The summed E-state index contributed by atoms with van der Waals surface area (Å²) in [5.41, 5.74) is 4.95. The molecule has 1 aromatic carbocycles. The summed E-state index contributed by atoms with van der Waals surface area (Å²) in [6.45, 7) is 6.46. The van der Waals surface area contributed by atoms with Gasteiger partial charge in [0.25, 0.3) is 0 Å². The third-order valence-electron chi connectivity index (χ3n) is 3.54. The Balaban J connectivity index is 0.00000364. The molecule has 0 amide bonds. The lowest BCUT2D eigenvalue weighted by Gasteiger charge is -2.17. The zero-order valence-electron chi connectivity index (χ0n) is 16.3. The number of nitrogens with one attached hydrogen (secondary N) is 2. The van der Waals surface area contributed by atoms with Crippen molar-refractivity contribution in [3.8, 4) is 5.88 Å². The number of ether oxygens (including phenoxy) is 1. The molecule has 0 saturated carbocycles. The Morgan fingerprint density at radius 2 is 1.82 bits per heavy atom. The molecule has 0 bridgehead atoms. The Morgan fingerprint density at radius 1 is 1.11 bits per heavy atom. The van der Waals surface area contributed by atoms with Gasteiger partial charge in [0, 0.05) is 24.4 Å². The highest BCUT2D eigenvalue weighted by molar-refractivity contribution is 5.85. The van der Waals surface area contributed by atoms with Gasteiger partial charge >= 0.3 is 0 Å². The lowest BCUT2D eigenvalue weighted by molar-refractivity contribution is 0.101. The molecule has 1 heterocycles. The first kappa shape index (κ1) is 26.1. The molecule has 0 radical (unpaired) electrons. The Hall–Kier alpha value is -1.93. The maximum absolute atomic E-state index is 10.1. The van der Waals surface area contributed by atoms with Gasteiger partial charge in [-0.3, -0.25) is 5.43 Å². The normalized spacial score (nSPS) is 12.0. The number of hydrogen-bond acceptors (Lipinski definition) is 7. The highest BCUT2D eigenvalue weighted by Crippen LogP contribution is 2.09. The average Bonchev–Trinajstić information content (AvgIpc) is 2.64. The molecule has 0 saturated heterocycles. The fraction of sp³-hybridized carbons (Fsp3) is 0.421. The van der Waals surface area contributed by atoms with Gasteiger partial charge in [0.1, 0.15) is 12.7 Å². The van der Waals surface area contributed by atoms with Crippen LogP contribution in [0.15, 0.2) is 47.6 Å². The molecule has 0 aliphatic rings. The first-order valence-corrected chi connectivity index (χ1v) is 8.71. The maximum Gasteiger partial charge on any atom is 0.233 e. The van der Waals surface area contributed by atoms with E-state index in [-0.39, 0.29) is 37.5 Å². The van der Waals surface area contributed by atoms with E-state index in [9.17, 15) is 5.11 Å². The Morgan fingerprint density at radius 3 is 2.43 bits per heavy atom. The van der Waals surface area contributed by atoms with Crippen molar-refractivity contribution in [1.82, 2.24) is 15.5 Å². The van der Waals surface area contributed by atoms with E-state index < -0.39 is 6.10 Å². The number of aliphatic hydroxyl groups excluding tert-OH is 1. The van der Waals surface area contributed by atoms with Crippen LogP contribution in [0.25, 0.3) is 0 Å². The minimum absolute atomic E-state index is 0. The van der Waals surface area contributed by atoms with Crippen molar-refractivity contribution >= 4 is 36.3 Å². The lowest BCUT2D eigenvalue weighted by atomic mass is 10.1. The zero-order chi connectivity index (χ0) is 18.8. The summed E-state index contributed by atoms with van der Waals surface area (Å²) in [6.07, 6.45) is 0.286. The number of rotatable bonds is 10. The molecule has 9 heteroatoms. The fourth-order valence-corrected chi connectivity index (χ4v) is 2.24. The Labute approximate surface area is 178 Å². The summed E-state index contributed by atoms with van der Waals surface area (Å²) in [5, 5.41) is 25.3. The van der Waals surface area contributed by atoms with Crippen molar-refractivity contribution < 1.29 is 9.84 Å². The molecule has 0 spiro atoms. The molecule has 28 heavy (non-hydrogen) atoms. The predicted octanol–water partition coefficient (Wildman–Crippen LogP) is 3.09. The summed E-state index contributed by atoms with van der Waals surface area (Å²) < 4.78 is 5.47. The summed E-state index contributed by atoms with van der Waals surface area (Å²) in [4.78, 5) is 0. The fourth-order valence-electron chi connectivity index (χ4n) is 2.24. The molecule has 1 aromatic heterocycles. The smallest absolute Gasteiger partial charge is 0.233 e. The molecule has 2 atom stereocenters. The number of hydrogen-bond donors (Lipinski definition) is 3. The van der Waals surface area contributed by atoms with Crippen LogP contribution < -0.4 is 15.5 Å². The van der Waals surface area contributed by atoms with Gasteiger partial charge < -0.3 is 15.2 Å². The lowest BCUT2D eigenvalue weighted by Crippen LogP contribution is -2.37. The van der Waals surface area contributed by atoms with Crippen LogP contribution in [0.1, 0.15) is 26.3 Å². The first-order chi connectivity index (χ1) is 12.5. The molecule has 2 unspecified atom stereocenters.